The summed E-state index contributed by atoms with van der Waals surface area (Å²) >= 11 is 0. The first-order valence-corrected chi connectivity index (χ1v) is 6.73. The Kier molecular flexibility index (Phi) is 5.08. The molecular formula is C16H13F3N2O3. The van der Waals surface area contributed by atoms with E-state index in [0.29, 0.717) is 5.69 Å². The maximum Gasteiger partial charge on any atom is 0.416 e. The Labute approximate surface area is 135 Å². The van der Waals surface area contributed by atoms with Crippen LogP contribution < -0.4 is 5.32 Å². The number of carbonyl (C=O) groups is 2. The number of alkyl halides is 3. The molecule has 1 aromatic heterocycles. The molecule has 24 heavy (non-hydrogen) atoms. The van der Waals surface area contributed by atoms with Gasteiger partial charge in [0.1, 0.15) is 5.70 Å². The van der Waals surface area contributed by atoms with E-state index in [-0.39, 0.29) is 11.3 Å². The number of halogens is 3. The Morgan fingerprint density at radius 1 is 1.17 bits per heavy atom. The fourth-order valence-corrected chi connectivity index (χ4v) is 1.85. The van der Waals surface area contributed by atoms with Crippen molar-refractivity contribution in [1.29, 1.82) is 0 Å². The van der Waals surface area contributed by atoms with E-state index in [2.05, 4.69) is 15.0 Å². The van der Waals surface area contributed by atoms with Crippen LogP contribution in [0.25, 0.3) is 6.08 Å². The first kappa shape index (κ1) is 17.3. The lowest BCUT2D eigenvalue weighted by Gasteiger charge is -2.10. The second kappa shape index (κ2) is 7.03. The van der Waals surface area contributed by atoms with E-state index < -0.39 is 23.6 Å². The SMILES string of the molecule is COC(=O)C(=Cc1ccc[nH]1)NC(=O)c1ccc(C(F)(F)F)cc1. The maximum absolute atomic E-state index is 12.5. The summed E-state index contributed by atoms with van der Waals surface area (Å²) in [5, 5.41) is 2.33. The third kappa shape index (κ3) is 4.25. The molecule has 0 unspecified atom stereocenters. The number of H-pyrrole nitrogens is 1. The highest BCUT2D eigenvalue weighted by Crippen LogP contribution is 2.29. The van der Waals surface area contributed by atoms with Gasteiger partial charge in [-0.25, -0.2) is 4.79 Å². The molecule has 8 heteroatoms. The van der Waals surface area contributed by atoms with Crippen molar-refractivity contribution < 1.29 is 27.5 Å². The van der Waals surface area contributed by atoms with Crippen molar-refractivity contribution in [2.45, 2.75) is 6.18 Å². The number of rotatable bonds is 4. The normalized spacial score (nSPS) is 11.9. The van der Waals surface area contributed by atoms with Crippen LogP contribution in [-0.4, -0.2) is 24.0 Å². The van der Waals surface area contributed by atoms with Crippen LogP contribution in [0, 0.1) is 0 Å². The molecular weight excluding hydrogens is 325 g/mol. The minimum Gasteiger partial charge on any atom is -0.464 e. The molecule has 0 radical (unpaired) electrons. The van der Waals surface area contributed by atoms with Crippen molar-refractivity contribution in [2.24, 2.45) is 0 Å². The molecule has 2 aromatic rings. The zero-order valence-electron chi connectivity index (χ0n) is 12.5. The molecule has 0 aliphatic rings. The van der Waals surface area contributed by atoms with E-state index in [9.17, 15) is 22.8 Å². The number of nitrogens with one attached hydrogen (secondary N) is 2. The summed E-state index contributed by atoms with van der Waals surface area (Å²) in [5.41, 5.74) is -0.494. The summed E-state index contributed by atoms with van der Waals surface area (Å²) in [6.45, 7) is 0. The van der Waals surface area contributed by atoms with E-state index in [1.165, 1.54) is 6.08 Å². The summed E-state index contributed by atoms with van der Waals surface area (Å²) in [5.74, 6) is -1.52. The van der Waals surface area contributed by atoms with Gasteiger partial charge in [0.05, 0.1) is 12.7 Å². The van der Waals surface area contributed by atoms with Gasteiger partial charge in [0.15, 0.2) is 0 Å². The second-order valence-electron chi connectivity index (χ2n) is 4.70. The standard InChI is InChI=1S/C16H13F3N2O3/c1-24-15(23)13(9-12-3-2-8-20-12)21-14(22)10-4-6-11(7-5-10)16(17,18)19/h2-9,20H,1H3,(H,21,22). The van der Waals surface area contributed by atoms with Crippen LogP contribution in [0.1, 0.15) is 21.6 Å². The van der Waals surface area contributed by atoms with Crippen molar-refractivity contribution in [2.75, 3.05) is 7.11 Å². The van der Waals surface area contributed by atoms with Crippen molar-refractivity contribution in [3.05, 3.63) is 65.1 Å². The quantitative estimate of drug-likeness (QED) is 0.665. The van der Waals surface area contributed by atoms with Crippen LogP contribution >= 0.6 is 0 Å². The van der Waals surface area contributed by atoms with Gasteiger partial charge in [-0.2, -0.15) is 13.2 Å². The fraction of sp³-hybridized carbons (Fsp3) is 0.125. The Morgan fingerprint density at radius 3 is 2.33 bits per heavy atom. The first-order chi connectivity index (χ1) is 11.3. The Hall–Kier alpha value is -3.03. The van der Waals surface area contributed by atoms with Gasteiger partial charge in [-0.15, -0.1) is 0 Å². The topological polar surface area (TPSA) is 71.2 Å². The highest BCUT2D eigenvalue weighted by atomic mass is 19.4. The molecule has 0 aliphatic heterocycles. The molecule has 2 N–H and O–H groups in total. The third-order valence-corrected chi connectivity index (χ3v) is 3.05. The highest BCUT2D eigenvalue weighted by Gasteiger charge is 2.30. The number of ether oxygens (including phenoxy) is 1. The van der Waals surface area contributed by atoms with E-state index >= 15 is 0 Å². The smallest absolute Gasteiger partial charge is 0.416 e. The summed E-state index contributed by atoms with van der Waals surface area (Å²) in [6, 6.07) is 7.00. The van der Waals surface area contributed by atoms with Gasteiger partial charge in [-0.3, -0.25) is 4.79 Å². The van der Waals surface area contributed by atoms with Crippen LogP contribution in [-0.2, 0) is 15.7 Å². The largest absolute Gasteiger partial charge is 0.464 e. The summed E-state index contributed by atoms with van der Waals surface area (Å²) < 4.78 is 42.1. The molecule has 5 nitrogen and oxygen atoms in total. The molecule has 1 heterocycles. The maximum atomic E-state index is 12.5. The number of esters is 1. The molecule has 0 atom stereocenters. The molecule has 0 fully saturated rings. The molecule has 0 aliphatic carbocycles. The van der Waals surface area contributed by atoms with Crippen LogP contribution in [0.5, 0.6) is 0 Å². The summed E-state index contributed by atoms with van der Waals surface area (Å²) in [6.07, 6.45) is -1.51. The zero-order chi connectivity index (χ0) is 17.7. The van der Waals surface area contributed by atoms with Crippen molar-refractivity contribution in [1.82, 2.24) is 10.3 Å². The van der Waals surface area contributed by atoms with Crippen LogP contribution in [0.15, 0.2) is 48.3 Å². The van der Waals surface area contributed by atoms with E-state index in [0.717, 1.165) is 31.4 Å². The minimum absolute atomic E-state index is 0.0238. The van der Waals surface area contributed by atoms with Gasteiger partial charge in [-0.1, -0.05) is 0 Å². The molecule has 1 aromatic carbocycles. The van der Waals surface area contributed by atoms with Crippen LogP contribution in [0.2, 0.25) is 0 Å². The first-order valence-electron chi connectivity index (χ1n) is 6.73. The summed E-state index contributed by atoms with van der Waals surface area (Å²) in [7, 11) is 1.15. The lowest BCUT2D eigenvalue weighted by Crippen LogP contribution is -2.28. The Morgan fingerprint density at radius 2 is 1.83 bits per heavy atom. The molecule has 126 valence electrons. The lowest BCUT2D eigenvalue weighted by molar-refractivity contribution is -0.138. The van der Waals surface area contributed by atoms with Crippen molar-refractivity contribution >= 4 is 18.0 Å². The number of aromatic nitrogens is 1. The van der Waals surface area contributed by atoms with Crippen molar-refractivity contribution in [3.8, 4) is 0 Å². The van der Waals surface area contributed by atoms with E-state index in [1.54, 1.807) is 18.3 Å². The van der Waals surface area contributed by atoms with Gasteiger partial charge >= 0.3 is 12.1 Å². The van der Waals surface area contributed by atoms with Gasteiger partial charge < -0.3 is 15.0 Å². The molecule has 0 bridgehead atoms. The Bertz CT molecular complexity index is 748. The monoisotopic (exact) mass is 338 g/mol. The predicted molar refractivity (Wildman–Crippen MR) is 79.7 cm³/mol. The third-order valence-electron chi connectivity index (χ3n) is 3.05. The Balaban J connectivity index is 2.20. The van der Waals surface area contributed by atoms with Gasteiger partial charge in [0, 0.05) is 17.5 Å². The van der Waals surface area contributed by atoms with E-state index in [4.69, 9.17) is 0 Å². The summed E-state index contributed by atoms with van der Waals surface area (Å²) in [4.78, 5) is 26.7. The van der Waals surface area contributed by atoms with Gasteiger partial charge in [-0.05, 0) is 42.5 Å². The number of carbonyl (C=O) groups excluding carboxylic acids is 2. The fourth-order valence-electron chi connectivity index (χ4n) is 1.85. The molecule has 2 rings (SSSR count). The molecule has 0 saturated heterocycles. The van der Waals surface area contributed by atoms with Crippen LogP contribution in [0.4, 0.5) is 13.2 Å². The number of aromatic amines is 1. The number of hydrogen-bond donors (Lipinski definition) is 2. The number of benzene rings is 1. The number of amides is 1. The second-order valence-corrected chi connectivity index (χ2v) is 4.70. The molecule has 0 spiro atoms. The zero-order valence-corrected chi connectivity index (χ0v) is 12.5. The predicted octanol–water partition coefficient (Wildman–Crippen LogP) is 2.98. The molecule has 0 saturated carbocycles. The van der Waals surface area contributed by atoms with E-state index in [1.807, 2.05) is 0 Å². The van der Waals surface area contributed by atoms with Gasteiger partial charge in [0.25, 0.3) is 5.91 Å². The number of methoxy groups -OCH3 is 1. The highest BCUT2D eigenvalue weighted by molar-refractivity contribution is 6.03. The minimum atomic E-state index is -4.49. The lowest BCUT2D eigenvalue weighted by atomic mass is 10.1. The van der Waals surface area contributed by atoms with Gasteiger partial charge in [0.2, 0.25) is 0 Å². The van der Waals surface area contributed by atoms with Crippen LogP contribution in [0.3, 0.4) is 0 Å². The molecule has 1 amide bonds. The average molecular weight is 338 g/mol. The number of hydrogen-bond acceptors (Lipinski definition) is 3. The average Bonchev–Trinajstić information content (AvgIpc) is 3.05. The van der Waals surface area contributed by atoms with Crippen molar-refractivity contribution in [3.63, 3.8) is 0 Å².